The number of thiophene rings is 2. The van der Waals surface area contributed by atoms with Crippen LogP contribution in [0.15, 0.2) is 38.9 Å². The van der Waals surface area contributed by atoms with Crippen molar-refractivity contribution in [3.05, 3.63) is 45.1 Å². The van der Waals surface area contributed by atoms with Gasteiger partial charge in [0.1, 0.15) is 0 Å². The molecule has 1 aliphatic rings. The molecule has 0 aliphatic carbocycles. The Kier molecular flexibility index (Phi) is 3.84. The Labute approximate surface area is 140 Å². The molecule has 1 saturated heterocycles. The summed E-state index contributed by atoms with van der Waals surface area (Å²) in [5.41, 5.74) is 0.967. The molecule has 1 N–H and O–H groups in total. The standard InChI is InChI=1S/C15H14N4O2S2/c20-15(16-6-12-2-1-4-23-12)19-7-11(8-19)14-17-13(18-21-14)10-3-5-22-9-10/h1-5,9,11H,6-8H2,(H,16,20). The summed E-state index contributed by atoms with van der Waals surface area (Å²) in [6.07, 6.45) is 0. The molecule has 0 unspecified atom stereocenters. The molecule has 23 heavy (non-hydrogen) atoms. The lowest BCUT2D eigenvalue weighted by atomic mass is 10.0. The molecule has 4 rings (SSSR count). The van der Waals surface area contributed by atoms with E-state index in [0.29, 0.717) is 31.3 Å². The minimum absolute atomic E-state index is 0.0489. The summed E-state index contributed by atoms with van der Waals surface area (Å²) in [4.78, 5) is 19.4. The van der Waals surface area contributed by atoms with Crippen LogP contribution in [0.3, 0.4) is 0 Å². The molecule has 118 valence electrons. The third-order valence-electron chi connectivity index (χ3n) is 3.73. The molecule has 3 aromatic heterocycles. The van der Waals surface area contributed by atoms with Crippen molar-refractivity contribution < 1.29 is 9.32 Å². The fraction of sp³-hybridized carbons (Fsp3) is 0.267. The van der Waals surface area contributed by atoms with Gasteiger partial charge in [-0.05, 0) is 22.9 Å². The Bertz CT molecular complexity index is 776. The zero-order valence-corrected chi connectivity index (χ0v) is 13.8. The van der Waals surface area contributed by atoms with Crippen LogP contribution >= 0.6 is 22.7 Å². The minimum Gasteiger partial charge on any atom is -0.339 e. The fourth-order valence-electron chi connectivity index (χ4n) is 2.40. The quantitative estimate of drug-likeness (QED) is 0.788. The second-order valence-corrected chi connectivity index (χ2v) is 7.12. The maximum atomic E-state index is 12.0. The van der Waals surface area contributed by atoms with Crippen LogP contribution in [0.25, 0.3) is 11.4 Å². The zero-order chi connectivity index (χ0) is 15.6. The Morgan fingerprint density at radius 1 is 1.39 bits per heavy atom. The first-order chi connectivity index (χ1) is 11.3. The summed E-state index contributed by atoms with van der Waals surface area (Å²) in [5, 5.41) is 12.9. The van der Waals surface area contributed by atoms with Crippen LogP contribution in [-0.4, -0.2) is 34.2 Å². The van der Waals surface area contributed by atoms with E-state index in [1.54, 1.807) is 27.6 Å². The molecule has 1 fully saturated rings. The van der Waals surface area contributed by atoms with Crippen molar-refractivity contribution in [2.75, 3.05) is 13.1 Å². The van der Waals surface area contributed by atoms with E-state index in [2.05, 4.69) is 15.5 Å². The van der Waals surface area contributed by atoms with Crippen LogP contribution in [0.4, 0.5) is 4.79 Å². The summed E-state index contributed by atoms with van der Waals surface area (Å²) < 4.78 is 5.33. The molecule has 8 heteroatoms. The Morgan fingerprint density at radius 2 is 2.30 bits per heavy atom. The summed E-state index contributed by atoms with van der Waals surface area (Å²) in [6.45, 7) is 1.80. The normalized spacial score (nSPS) is 14.7. The molecule has 1 aliphatic heterocycles. The number of nitrogens with one attached hydrogen (secondary N) is 1. The van der Waals surface area contributed by atoms with Gasteiger partial charge in [-0.2, -0.15) is 16.3 Å². The number of likely N-dealkylation sites (tertiary alicyclic amines) is 1. The van der Waals surface area contributed by atoms with E-state index in [1.807, 2.05) is 34.3 Å². The van der Waals surface area contributed by atoms with E-state index >= 15 is 0 Å². The molecule has 0 spiro atoms. The van der Waals surface area contributed by atoms with Gasteiger partial charge in [-0.3, -0.25) is 0 Å². The first-order valence-electron chi connectivity index (χ1n) is 7.21. The molecular weight excluding hydrogens is 332 g/mol. The third-order valence-corrected chi connectivity index (χ3v) is 5.29. The Morgan fingerprint density at radius 3 is 3.04 bits per heavy atom. The van der Waals surface area contributed by atoms with Crippen LogP contribution in [0.1, 0.15) is 16.7 Å². The van der Waals surface area contributed by atoms with Crippen molar-refractivity contribution in [2.45, 2.75) is 12.5 Å². The Balaban J connectivity index is 1.30. The number of aromatic nitrogens is 2. The highest BCUT2D eigenvalue weighted by atomic mass is 32.1. The van der Waals surface area contributed by atoms with Gasteiger partial charge >= 0.3 is 6.03 Å². The lowest BCUT2D eigenvalue weighted by molar-refractivity contribution is 0.136. The van der Waals surface area contributed by atoms with Crippen LogP contribution in [-0.2, 0) is 6.54 Å². The highest BCUT2D eigenvalue weighted by Crippen LogP contribution is 2.28. The van der Waals surface area contributed by atoms with Crippen LogP contribution < -0.4 is 5.32 Å². The van der Waals surface area contributed by atoms with Crippen LogP contribution in [0.5, 0.6) is 0 Å². The number of nitrogens with zero attached hydrogens (tertiary/aromatic N) is 3. The number of carbonyl (C=O) groups is 1. The average molecular weight is 346 g/mol. The molecule has 3 aromatic rings. The number of hydrogen-bond acceptors (Lipinski definition) is 6. The first-order valence-corrected chi connectivity index (χ1v) is 9.03. The highest BCUT2D eigenvalue weighted by Gasteiger charge is 2.35. The van der Waals surface area contributed by atoms with Gasteiger partial charge in [-0.15, -0.1) is 11.3 Å². The molecule has 0 radical (unpaired) electrons. The van der Waals surface area contributed by atoms with Crippen LogP contribution in [0, 0.1) is 0 Å². The summed E-state index contributed by atoms with van der Waals surface area (Å²) in [7, 11) is 0. The minimum atomic E-state index is -0.0489. The molecule has 0 aromatic carbocycles. The van der Waals surface area contributed by atoms with Gasteiger partial charge in [0.05, 0.1) is 12.5 Å². The zero-order valence-electron chi connectivity index (χ0n) is 12.1. The predicted octanol–water partition coefficient (Wildman–Crippen LogP) is 3.17. The van der Waals surface area contributed by atoms with Gasteiger partial charge in [0, 0.05) is 28.9 Å². The maximum absolute atomic E-state index is 12.0. The van der Waals surface area contributed by atoms with E-state index in [1.165, 1.54) is 0 Å². The number of amides is 2. The molecule has 0 saturated carbocycles. The topological polar surface area (TPSA) is 71.3 Å². The summed E-state index contributed by atoms with van der Waals surface area (Å²) in [5.74, 6) is 1.35. The molecule has 0 bridgehead atoms. The first kappa shape index (κ1) is 14.4. The van der Waals surface area contributed by atoms with Crippen molar-refractivity contribution in [3.8, 4) is 11.4 Å². The Hall–Kier alpha value is -2.19. The van der Waals surface area contributed by atoms with Crippen molar-refractivity contribution in [3.63, 3.8) is 0 Å². The molecule has 0 atom stereocenters. The number of carbonyl (C=O) groups excluding carboxylic acids is 1. The molecule has 2 amide bonds. The molecule has 4 heterocycles. The monoisotopic (exact) mass is 346 g/mol. The smallest absolute Gasteiger partial charge is 0.317 e. The summed E-state index contributed by atoms with van der Waals surface area (Å²) >= 11 is 3.23. The molecular formula is C15H14N4O2S2. The van der Waals surface area contributed by atoms with Gasteiger partial charge < -0.3 is 14.7 Å². The average Bonchev–Trinajstić information content (AvgIpc) is 3.24. The van der Waals surface area contributed by atoms with Crippen molar-refractivity contribution >= 4 is 28.7 Å². The van der Waals surface area contributed by atoms with Crippen molar-refractivity contribution in [2.24, 2.45) is 0 Å². The largest absolute Gasteiger partial charge is 0.339 e. The van der Waals surface area contributed by atoms with Crippen molar-refractivity contribution in [1.82, 2.24) is 20.4 Å². The number of rotatable bonds is 4. The van der Waals surface area contributed by atoms with Gasteiger partial charge in [0.2, 0.25) is 11.7 Å². The van der Waals surface area contributed by atoms with E-state index in [-0.39, 0.29) is 11.9 Å². The molecule has 6 nitrogen and oxygen atoms in total. The van der Waals surface area contributed by atoms with E-state index < -0.39 is 0 Å². The SMILES string of the molecule is O=C(NCc1cccs1)N1CC(c2nc(-c3ccsc3)no2)C1. The van der Waals surface area contributed by atoms with E-state index in [4.69, 9.17) is 4.52 Å². The number of hydrogen-bond donors (Lipinski definition) is 1. The van der Waals surface area contributed by atoms with Gasteiger partial charge in [-0.1, -0.05) is 11.2 Å². The lowest BCUT2D eigenvalue weighted by Gasteiger charge is -2.36. The fourth-order valence-corrected chi connectivity index (χ4v) is 3.68. The highest BCUT2D eigenvalue weighted by molar-refractivity contribution is 7.09. The number of urea groups is 1. The van der Waals surface area contributed by atoms with E-state index in [0.717, 1.165) is 10.4 Å². The van der Waals surface area contributed by atoms with Gasteiger partial charge in [0.15, 0.2) is 0 Å². The third kappa shape index (κ3) is 2.99. The predicted molar refractivity (Wildman–Crippen MR) is 88.5 cm³/mol. The summed E-state index contributed by atoms with van der Waals surface area (Å²) in [6, 6.07) is 5.90. The van der Waals surface area contributed by atoms with Gasteiger partial charge in [-0.25, -0.2) is 4.79 Å². The van der Waals surface area contributed by atoms with E-state index in [9.17, 15) is 4.79 Å². The second-order valence-electron chi connectivity index (χ2n) is 5.31. The maximum Gasteiger partial charge on any atom is 0.317 e. The second kappa shape index (κ2) is 6.13. The van der Waals surface area contributed by atoms with Crippen molar-refractivity contribution in [1.29, 1.82) is 0 Å². The van der Waals surface area contributed by atoms with Crippen LogP contribution in [0.2, 0.25) is 0 Å². The van der Waals surface area contributed by atoms with Gasteiger partial charge in [0.25, 0.3) is 0 Å². The lowest BCUT2D eigenvalue weighted by Crippen LogP contribution is -2.52.